The van der Waals surface area contributed by atoms with Gasteiger partial charge in [-0.05, 0) is 6.07 Å². The summed E-state index contributed by atoms with van der Waals surface area (Å²) in [7, 11) is 0. The maximum atomic E-state index is 5.85. The zero-order valence-electron chi connectivity index (χ0n) is 7.89. The van der Waals surface area contributed by atoms with E-state index in [0.29, 0.717) is 6.00 Å². The number of benzene rings is 1. The molecule has 3 rings (SSSR count). The van der Waals surface area contributed by atoms with Crippen LogP contribution >= 0.6 is 11.6 Å². The summed E-state index contributed by atoms with van der Waals surface area (Å²) in [5.41, 5.74) is 2.90. The standard InChI is InChI=1S/C11H8ClN3/c12-6-15-7-14-10-5-13-9-4-2-1-3-8(9)11(10)15/h1-5,7H,6H2. The number of aromatic nitrogens is 3. The van der Waals surface area contributed by atoms with E-state index < -0.39 is 0 Å². The Morgan fingerprint density at radius 2 is 2.00 bits per heavy atom. The Labute approximate surface area is 91.3 Å². The van der Waals surface area contributed by atoms with Crippen molar-refractivity contribution in [3.63, 3.8) is 0 Å². The van der Waals surface area contributed by atoms with Gasteiger partial charge in [0.1, 0.15) is 5.52 Å². The summed E-state index contributed by atoms with van der Waals surface area (Å²) in [6.07, 6.45) is 3.52. The highest BCUT2D eigenvalue weighted by molar-refractivity contribution is 6.16. The lowest BCUT2D eigenvalue weighted by Crippen LogP contribution is -1.90. The minimum Gasteiger partial charge on any atom is -0.315 e. The number of halogens is 1. The van der Waals surface area contributed by atoms with Gasteiger partial charge in [-0.2, -0.15) is 0 Å². The second-order valence-electron chi connectivity index (χ2n) is 3.34. The largest absolute Gasteiger partial charge is 0.315 e. The normalized spacial score (nSPS) is 11.3. The molecule has 0 unspecified atom stereocenters. The van der Waals surface area contributed by atoms with Crippen LogP contribution in [0.1, 0.15) is 0 Å². The molecule has 0 aliphatic carbocycles. The van der Waals surface area contributed by atoms with Crippen LogP contribution in [0.4, 0.5) is 0 Å². The third kappa shape index (κ3) is 1.20. The Bertz CT molecular complexity index is 630. The molecule has 0 saturated carbocycles. The van der Waals surface area contributed by atoms with Crippen LogP contribution in [0.2, 0.25) is 0 Å². The van der Waals surface area contributed by atoms with Crippen molar-refractivity contribution in [3.8, 4) is 0 Å². The molecule has 0 radical (unpaired) electrons. The van der Waals surface area contributed by atoms with Crippen molar-refractivity contribution in [2.75, 3.05) is 0 Å². The van der Waals surface area contributed by atoms with Gasteiger partial charge in [-0.15, -0.1) is 11.6 Å². The van der Waals surface area contributed by atoms with Crippen LogP contribution in [0.25, 0.3) is 21.9 Å². The second kappa shape index (κ2) is 3.21. The molecule has 0 N–H and O–H groups in total. The molecule has 3 aromatic rings. The van der Waals surface area contributed by atoms with Crippen molar-refractivity contribution >= 4 is 33.5 Å². The fourth-order valence-corrected chi connectivity index (χ4v) is 1.97. The summed E-state index contributed by atoms with van der Waals surface area (Å²) in [6.45, 7) is 0. The minimum atomic E-state index is 0.407. The van der Waals surface area contributed by atoms with Crippen LogP contribution < -0.4 is 0 Å². The number of alkyl halides is 1. The van der Waals surface area contributed by atoms with Gasteiger partial charge in [0.05, 0.1) is 29.6 Å². The number of nitrogens with zero attached hydrogens (tertiary/aromatic N) is 3. The van der Waals surface area contributed by atoms with E-state index in [4.69, 9.17) is 11.6 Å². The molecule has 0 saturated heterocycles. The first kappa shape index (κ1) is 8.68. The Kier molecular flexibility index (Phi) is 1.86. The van der Waals surface area contributed by atoms with E-state index in [9.17, 15) is 0 Å². The van der Waals surface area contributed by atoms with Gasteiger partial charge in [0.2, 0.25) is 0 Å². The molecule has 4 heteroatoms. The van der Waals surface area contributed by atoms with Gasteiger partial charge in [0, 0.05) is 5.39 Å². The Hall–Kier alpha value is -1.61. The molecule has 2 aromatic heterocycles. The van der Waals surface area contributed by atoms with Gasteiger partial charge < -0.3 is 4.57 Å². The van der Waals surface area contributed by atoms with Crippen molar-refractivity contribution in [2.24, 2.45) is 0 Å². The summed E-state index contributed by atoms with van der Waals surface area (Å²) in [5.74, 6) is 0. The van der Waals surface area contributed by atoms with Crippen LogP contribution in [-0.2, 0) is 6.00 Å². The number of fused-ring (bicyclic) bond motifs is 3. The number of pyridine rings is 1. The summed E-state index contributed by atoms with van der Waals surface area (Å²) < 4.78 is 1.92. The zero-order chi connectivity index (χ0) is 10.3. The van der Waals surface area contributed by atoms with Crippen LogP contribution in [0.5, 0.6) is 0 Å². The Morgan fingerprint density at radius 1 is 1.13 bits per heavy atom. The second-order valence-corrected chi connectivity index (χ2v) is 3.58. The van der Waals surface area contributed by atoms with Crippen LogP contribution in [0.3, 0.4) is 0 Å². The molecule has 0 bridgehead atoms. The third-order valence-electron chi connectivity index (χ3n) is 2.48. The molecule has 0 fully saturated rings. The van der Waals surface area contributed by atoms with Crippen LogP contribution in [0, 0.1) is 0 Å². The lowest BCUT2D eigenvalue weighted by molar-refractivity contribution is 0.916. The van der Waals surface area contributed by atoms with E-state index >= 15 is 0 Å². The maximum absolute atomic E-state index is 5.85. The quantitative estimate of drug-likeness (QED) is 0.587. The molecule has 0 aliphatic rings. The first-order valence-electron chi connectivity index (χ1n) is 4.64. The van der Waals surface area contributed by atoms with Crippen molar-refractivity contribution in [1.82, 2.24) is 14.5 Å². The van der Waals surface area contributed by atoms with Crippen LogP contribution in [-0.4, -0.2) is 14.5 Å². The summed E-state index contributed by atoms with van der Waals surface area (Å²) >= 11 is 5.85. The van der Waals surface area contributed by atoms with E-state index in [0.717, 1.165) is 21.9 Å². The summed E-state index contributed by atoms with van der Waals surface area (Å²) in [4.78, 5) is 8.59. The lowest BCUT2D eigenvalue weighted by atomic mass is 10.2. The molecular weight excluding hydrogens is 210 g/mol. The molecule has 2 heterocycles. The van der Waals surface area contributed by atoms with Gasteiger partial charge in [0.15, 0.2) is 0 Å². The van der Waals surface area contributed by atoms with E-state index in [1.807, 2.05) is 28.8 Å². The summed E-state index contributed by atoms with van der Waals surface area (Å²) in [6, 6.07) is 8.40. The molecule has 15 heavy (non-hydrogen) atoms. The Balaban J connectivity index is 2.56. The van der Waals surface area contributed by atoms with E-state index in [1.165, 1.54) is 0 Å². The molecule has 0 spiro atoms. The fourth-order valence-electron chi connectivity index (χ4n) is 1.79. The van der Waals surface area contributed by atoms with E-state index in [1.54, 1.807) is 12.5 Å². The van der Waals surface area contributed by atoms with Gasteiger partial charge in [0.25, 0.3) is 0 Å². The SMILES string of the molecule is ClCn1cnc2cnc3ccccc3c21. The topological polar surface area (TPSA) is 30.7 Å². The maximum Gasteiger partial charge on any atom is 0.107 e. The smallest absolute Gasteiger partial charge is 0.107 e. The van der Waals surface area contributed by atoms with Gasteiger partial charge in [-0.3, -0.25) is 4.98 Å². The number of hydrogen-bond donors (Lipinski definition) is 0. The Morgan fingerprint density at radius 3 is 2.87 bits per heavy atom. The highest BCUT2D eigenvalue weighted by Crippen LogP contribution is 2.22. The molecular formula is C11H8ClN3. The molecule has 1 aromatic carbocycles. The van der Waals surface area contributed by atoms with Crippen LogP contribution in [0.15, 0.2) is 36.8 Å². The highest BCUT2D eigenvalue weighted by atomic mass is 35.5. The molecule has 0 atom stereocenters. The third-order valence-corrected chi connectivity index (χ3v) is 2.74. The molecule has 3 nitrogen and oxygen atoms in total. The number of rotatable bonds is 1. The van der Waals surface area contributed by atoms with Gasteiger partial charge in [-0.25, -0.2) is 4.98 Å². The van der Waals surface area contributed by atoms with Crippen molar-refractivity contribution in [1.29, 1.82) is 0 Å². The number of imidazole rings is 1. The number of hydrogen-bond acceptors (Lipinski definition) is 2. The fraction of sp³-hybridized carbons (Fsp3) is 0.0909. The van der Waals surface area contributed by atoms with E-state index in [-0.39, 0.29) is 0 Å². The zero-order valence-corrected chi connectivity index (χ0v) is 8.65. The molecule has 0 amide bonds. The van der Waals surface area contributed by atoms with Gasteiger partial charge in [-0.1, -0.05) is 18.2 Å². The van der Waals surface area contributed by atoms with E-state index in [2.05, 4.69) is 9.97 Å². The molecule has 0 aliphatic heterocycles. The molecule has 74 valence electrons. The van der Waals surface area contributed by atoms with Crippen molar-refractivity contribution in [3.05, 3.63) is 36.8 Å². The minimum absolute atomic E-state index is 0.407. The highest BCUT2D eigenvalue weighted by Gasteiger charge is 2.06. The predicted octanol–water partition coefficient (Wildman–Crippen LogP) is 2.78. The predicted molar refractivity (Wildman–Crippen MR) is 60.9 cm³/mol. The summed E-state index contributed by atoms with van der Waals surface area (Å²) in [5, 5.41) is 1.09. The first-order chi connectivity index (χ1) is 7.40. The number of para-hydroxylation sites is 1. The van der Waals surface area contributed by atoms with Crippen molar-refractivity contribution < 1.29 is 0 Å². The monoisotopic (exact) mass is 217 g/mol. The van der Waals surface area contributed by atoms with Crippen molar-refractivity contribution in [2.45, 2.75) is 6.00 Å². The average Bonchev–Trinajstić information content (AvgIpc) is 2.72. The average molecular weight is 218 g/mol. The first-order valence-corrected chi connectivity index (χ1v) is 5.18. The van der Waals surface area contributed by atoms with Gasteiger partial charge >= 0.3 is 0 Å². The lowest BCUT2D eigenvalue weighted by Gasteiger charge is -2.01.